The van der Waals surface area contributed by atoms with Gasteiger partial charge >= 0.3 is 19.5 Å². The molecule has 0 amide bonds. The summed E-state index contributed by atoms with van der Waals surface area (Å²) in [7, 11) is 0.787. The molecule has 0 aliphatic carbocycles. The van der Waals surface area contributed by atoms with Gasteiger partial charge in [0.05, 0.1) is 0 Å². The Morgan fingerprint density at radius 3 is 0.290 bits per heavy atom. The molecule has 0 fully saturated rings. The van der Waals surface area contributed by atoms with Gasteiger partial charge in [0.15, 0.2) is 0 Å². The number of hydrogen-bond donors (Lipinski definition) is 0. The zero-order valence-corrected chi connectivity index (χ0v) is 29.6. The minimum atomic E-state index is 0. The fourth-order valence-corrected chi connectivity index (χ4v) is 16.1. The summed E-state index contributed by atoms with van der Waals surface area (Å²) in [4.78, 5) is 0. The van der Waals surface area contributed by atoms with Gasteiger partial charge in [-0.3, -0.25) is 0 Å². The molecule has 0 aliphatic rings. The maximum atomic E-state index is 2.35. The predicted molar refractivity (Wildman–Crippen MR) is 161 cm³/mol. The standard InChI is InChI=1S/3C9H21P.Rh.3H/c3*1-7(2)10(8(3)4)9(5)6;;;;/h3*7-9H,1-6H3;;;;. The molecular weight excluding hydrogens is 520 g/mol. The van der Waals surface area contributed by atoms with Crippen LogP contribution in [-0.2, 0) is 19.5 Å². The van der Waals surface area contributed by atoms with E-state index in [1.54, 1.807) is 0 Å². The van der Waals surface area contributed by atoms with Gasteiger partial charge in [-0.25, -0.2) is 0 Å². The molecule has 0 aromatic heterocycles. The van der Waals surface area contributed by atoms with Gasteiger partial charge < -0.3 is 0 Å². The fraction of sp³-hybridized carbons (Fsp3) is 1.00. The van der Waals surface area contributed by atoms with Crippen LogP contribution in [0.2, 0.25) is 0 Å². The van der Waals surface area contributed by atoms with Crippen LogP contribution >= 0.6 is 23.8 Å². The maximum absolute atomic E-state index is 2.35. The molecular formula is C27H66P3Rh. The van der Waals surface area contributed by atoms with E-state index in [-0.39, 0.29) is 43.2 Å². The molecule has 0 saturated heterocycles. The van der Waals surface area contributed by atoms with Crippen LogP contribution in [-0.4, -0.2) is 50.9 Å². The van der Waals surface area contributed by atoms with Crippen molar-refractivity contribution in [1.29, 1.82) is 0 Å². The normalized spacial score (nSPS) is 12.2. The van der Waals surface area contributed by atoms with Gasteiger partial charge in [0.1, 0.15) is 0 Å². The third-order valence-electron chi connectivity index (χ3n) is 5.37. The summed E-state index contributed by atoms with van der Waals surface area (Å²) in [5.74, 6) is 0. The Morgan fingerprint density at radius 1 is 0.226 bits per heavy atom. The van der Waals surface area contributed by atoms with E-state index < -0.39 is 0 Å². The Hall–Kier alpha value is 1.91. The molecule has 0 aromatic carbocycles. The van der Waals surface area contributed by atoms with Gasteiger partial charge in [-0.15, -0.1) is 0 Å². The van der Waals surface area contributed by atoms with Crippen LogP contribution in [0.15, 0.2) is 0 Å². The van der Waals surface area contributed by atoms with Crippen molar-refractivity contribution in [3.05, 3.63) is 0 Å². The molecule has 0 atom stereocenters. The van der Waals surface area contributed by atoms with Crippen LogP contribution in [0.25, 0.3) is 0 Å². The first kappa shape index (κ1) is 40.1. The molecule has 0 saturated carbocycles. The minimum absolute atomic E-state index is 0. The van der Waals surface area contributed by atoms with Crippen molar-refractivity contribution < 1.29 is 19.5 Å². The van der Waals surface area contributed by atoms with E-state index >= 15 is 0 Å². The van der Waals surface area contributed by atoms with Crippen molar-refractivity contribution in [2.75, 3.05) is 0 Å². The Morgan fingerprint density at radius 2 is 0.290 bits per heavy atom. The second kappa shape index (κ2) is 21.2. The Balaban J connectivity index is -0.000000174. The van der Waals surface area contributed by atoms with E-state index in [1.807, 2.05) is 0 Å². The molecule has 0 bridgehead atoms. The molecule has 31 heavy (non-hydrogen) atoms. The molecule has 0 unspecified atom stereocenters. The van der Waals surface area contributed by atoms with Crippen molar-refractivity contribution >= 4 is 23.8 Å². The molecule has 1 radical (unpaired) electrons. The zero-order valence-electron chi connectivity index (χ0n) is 24.9. The fourth-order valence-electron chi connectivity index (χ4n) is 5.37. The zero-order chi connectivity index (χ0) is 24.9. The first-order chi connectivity index (χ1) is 13.4. The molecule has 0 nitrogen and oxygen atoms in total. The molecule has 0 N–H and O–H groups in total. The summed E-state index contributed by atoms with van der Waals surface area (Å²) >= 11 is 0. The molecule has 4 heteroatoms. The summed E-state index contributed by atoms with van der Waals surface area (Å²) in [6.45, 7) is 42.4. The second-order valence-corrected chi connectivity index (χ2v) is 23.2. The van der Waals surface area contributed by atoms with E-state index in [4.69, 9.17) is 0 Å². The Kier molecular flexibility index (Phi) is 27.4. The van der Waals surface area contributed by atoms with E-state index in [0.29, 0.717) is 0 Å². The molecule has 0 spiro atoms. The van der Waals surface area contributed by atoms with Crippen LogP contribution in [0.4, 0.5) is 0 Å². The molecule has 0 aromatic rings. The van der Waals surface area contributed by atoms with Gasteiger partial charge in [0, 0.05) is 0 Å². The van der Waals surface area contributed by atoms with E-state index in [2.05, 4.69) is 125 Å². The van der Waals surface area contributed by atoms with E-state index in [9.17, 15) is 0 Å². The van der Waals surface area contributed by atoms with Crippen molar-refractivity contribution in [2.45, 2.75) is 176 Å². The predicted octanol–water partition coefficient (Wildman–Crippen LogP) is 10.3. The third-order valence-corrected chi connectivity index (χ3v) is 16.1. The average Bonchev–Trinajstić information content (AvgIpc) is 2.43. The van der Waals surface area contributed by atoms with Crippen molar-refractivity contribution in [2.24, 2.45) is 0 Å². The van der Waals surface area contributed by atoms with Crippen molar-refractivity contribution in [3.8, 4) is 0 Å². The summed E-state index contributed by atoms with van der Waals surface area (Å²) in [5.41, 5.74) is 8.08. The number of rotatable bonds is 9. The van der Waals surface area contributed by atoms with Crippen LogP contribution in [0, 0.1) is 0 Å². The first-order valence-electron chi connectivity index (χ1n) is 12.7. The van der Waals surface area contributed by atoms with Gasteiger partial charge in [-0.2, -0.15) is 0 Å². The van der Waals surface area contributed by atoms with Crippen LogP contribution in [0.5, 0.6) is 0 Å². The van der Waals surface area contributed by atoms with Crippen LogP contribution in [0.1, 0.15) is 125 Å². The second-order valence-electron chi connectivity index (χ2n) is 11.2. The first-order valence-corrected chi connectivity index (χ1v) is 17.4. The molecule has 198 valence electrons. The van der Waals surface area contributed by atoms with Crippen LogP contribution in [0.3, 0.4) is 0 Å². The van der Waals surface area contributed by atoms with Crippen LogP contribution < -0.4 is 0 Å². The summed E-state index contributed by atoms with van der Waals surface area (Å²) in [6.07, 6.45) is 0. The van der Waals surface area contributed by atoms with Gasteiger partial charge in [0.2, 0.25) is 0 Å². The Labute approximate surface area is 218 Å². The third kappa shape index (κ3) is 19.9. The monoisotopic (exact) mass is 586 g/mol. The molecule has 0 aliphatic heterocycles. The van der Waals surface area contributed by atoms with E-state index in [0.717, 1.165) is 50.9 Å². The summed E-state index contributed by atoms with van der Waals surface area (Å²) < 4.78 is 0. The summed E-state index contributed by atoms with van der Waals surface area (Å²) in [6, 6.07) is 0. The van der Waals surface area contributed by atoms with Gasteiger partial charge in [0.25, 0.3) is 0 Å². The van der Waals surface area contributed by atoms with Gasteiger partial charge in [-0.05, 0) is 50.9 Å². The van der Waals surface area contributed by atoms with Crippen molar-refractivity contribution in [3.63, 3.8) is 0 Å². The molecule has 0 heterocycles. The van der Waals surface area contributed by atoms with Crippen molar-refractivity contribution in [1.82, 2.24) is 0 Å². The topological polar surface area (TPSA) is 0 Å². The summed E-state index contributed by atoms with van der Waals surface area (Å²) in [5, 5.41) is 0. The van der Waals surface area contributed by atoms with E-state index in [1.165, 1.54) is 0 Å². The molecule has 0 rings (SSSR count). The SMILES string of the molecule is CC(C)P(C(C)C)C(C)C.CC(C)P(C(C)C)C(C)C.CC(C)P(C(C)C)C(C)C.[RhH3]. The number of hydrogen-bond acceptors (Lipinski definition) is 0. The average molecular weight is 587 g/mol. The Bertz CT molecular complexity index is 261. The van der Waals surface area contributed by atoms with Gasteiger partial charge in [-0.1, -0.05) is 148 Å². The quantitative estimate of drug-likeness (QED) is 0.186.